The molecule has 1 amide bonds. The zero-order valence-corrected chi connectivity index (χ0v) is 18.3. The van der Waals surface area contributed by atoms with Crippen LogP contribution in [-0.2, 0) is 4.79 Å². The Balaban J connectivity index is 1.48. The number of nitrogens with zero attached hydrogens (tertiary/aromatic N) is 2. The van der Waals surface area contributed by atoms with Crippen LogP contribution in [0.1, 0.15) is 5.56 Å². The van der Waals surface area contributed by atoms with Crippen molar-refractivity contribution in [3.8, 4) is 22.6 Å². The Kier molecular flexibility index (Phi) is 5.60. The lowest BCUT2D eigenvalue weighted by atomic mass is 10.0. The number of para-hydroxylation sites is 3. The number of hydrogen-bond acceptors (Lipinski definition) is 6. The van der Waals surface area contributed by atoms with E-state index in [4.69, 9.17) is 9.84 Å². The molecular weight excluding hydrogens is 446 g/mol. The smallest absolute Gasteiger partial charge is 0.505 e. The number of carboxylic acid groups (broad SMARTS) is 1. The molecule has 0 bridgehead atoms. The molecule has 1 heterocycles. The number of anilines is 3. The highest BCUT2D eigenvalue weighted by Gasteiger charge is 2.35. The maximum Gasteiger partial charge on any atom is 0.511 e. The van der Waals surface area contributed by atoms with Gasteiger partial charge in [-0.05, 0) is 42.0 Å². The lowest BCUT2D eigenvalue weighted by Gasteiger charge is -2.16. The molecule has 4 aromatic rings. The molecule has 0 fully saturated rings. The molecule has 0 saturated carbocycles. The first-order valence-electron chi connectivity index (χ1n) is 10.7. The van der Waals surface area contributed by atoms with Crippen molar-refractivity contribution in [3.05, 3.63) is 103 Å². The molecule has 0 unspecified atom stereocenters. The summed E-state index contributed by atoms with van der Waals surface area (Å²) in [5.41, 5.74) is 6.42. The molecule has 0 spiro atoms. The van der Waals surface area contributed by atoms with Crippen LogP contribution in [0.4, 0.5) is 21.9 Å². The van der Waals surface area contributed by atoms with E-state index in [1.165, 1.54) is 12.1 Å². The number of ether oxygens (including phenoxy) is 1. The lowest BCUT2D eigenvalue weighted by Crippen LogP contribution is -2.26. The number of hydrogen-bond donors (Lipinski definition) is 3. The number of benzene rings is 4. The summed E-state index contributed by atoms with van der Waals surface area (Å²) < 4.78 is 4.71. The second-order valence-corrected chi connectivity index (χ2v) is 7.66. The average molecular weight is 465 g/mol. The van der Waals surface area contributed by atoms with Gasteiger partial charge in [0.15, 0.2) is 5.71 Å². The van der Waals surface area contributed by atoms with Crippen molar-refractivity contribution in [3.63, 3.8) is 0 Å². The van der Waals surface area contributed by atoms with Crippen LogP contribution >= 0.6 is 0 Å². The number of nitrogens with one attached hydrogen (secondary N) is 1. The predicted molar refractivity (Wildman–Crippen MR) is 132 cm³/mol. The van der Waals surface area contributed by atoms with Crippen LogP contribution in [0, 0.1) is 0 Å². The fourth-order valence-electron chi connectivity index (χ4n) is 3.95. The van der Waals surface area contributed by atoms with Crippen molar-refractivity contribution >= 4 is 34.8 Å². The van der Waals surface area contributed by atoms with Crippen molar-refractivity contribution in [1.82, 2.24) is 0 Å². The van der Waals surface area contributed by atoms with E-state index in [9.17, 15) is 14.7 Å². The SMILES string of the molecule is O=C(O)Oc1cccc(-c2cccc(NN=C3C(=O)N(c4ccccc4)c4ccccc43)c2O)c1. The van der Waals surface area contributed by atoms with E-state index in [-0.39, 0.29) is 28.8 Å². The van der Waals surface area contributed by atoms with Gasteiger partial charge in [-0.2, -0.15) is 5.10 Å². The number of phenolic OH excluding ortho intramolecular Hbond substituents is 1. The Morgan fingerprint density at radius 2 is 1.57 bits per heavy atom. The van der Waals surface area contributed by atoms with Gasteiger partial charge in [-0.1, -0.05) is 60.7 Å². The minimum absolute atomic E-state index is 0.108. The van der Waals surface area contributed by atoms with E-state index >= 15 is 0 Å². The van der Waals surface area contributed by atoms with E-state index in [1.807, 2.05) is 54.6 Å². The van der Waals surface area contributed by atoms with Crippen LogP contribution < -0.4 is 15.1 Å². The highest BCUT2D eigenvalue weighted by atomic mass is 16.7. The van der Waals surface area contributed by atoms with Crippen LogP contribution in [0.5, 0.6) is 11.5 Å². The van der Waals surface area contributed by atoms with E-state index in [1.54, 1.807) is 35.2 Å². The Bertz CT molecular complexity index is 1470. The Morgan fingerprint density at radius 3 is 2.37 bits per heavy atom. The minimum Gasteiger partial charge on any atom is -0.505 e. The van der Waals surface area contributed by atoms with E-state index in [0.717, 1.165) is 11.4 Å². The third kappa shape index (κ3) is 4.16. The number of carbonyl (C=O) groups excluding carboxylic acids is 1. The third-order valence-corrected chi connectivity index (χ3v) is 5.49. The fourth-order valence-corrected chi connectivity index (χ4v) is 3.95. The first kappa shape index (κ1) is 21.7. The maximum absolute atomic E-state index is 13.3. The van der Waals surface area contributed by atoms with Crippen molar-refractivity contribution in [1.29, 1.82) is 0 Å². The van der Waals surface area contributed by atoms with Gasteiger partial charge in [0, 0.05) is 16.8 Å². The van der Waals surface area contributed by atoms with Crippen LogP contribution in [0.25, 0.3) is 11.1 Å². The minimum atomic E-state index is -1.43. The second kappa shape index (κ2) is 9.03. The normalized spacial score (nSPS) is 13.5. The molecule has 8 heteroatoms. The zero-order valence-electron chi connectivity index (χ0n) is 18.3. The summed E-state index contributed by atoms with van der Waals surface area (Å²) in [7, 11) is 0. The highest BCUT2D eigenvalue weighted by Crippen LogP contribution is 2.38. The number of rotatable bonds is 5. The largest absolute Gasteiger partial charge is 0.511 e. The molecule has 1 aliphatic heterocycles. The standard InChI is InChI=1S/C27H19N3O5/c31-25-20(17-8-6-11-19(16-17)35-27(33)34)13-7-14-22(25)28-29-24-21-12-4-5-15-23(21)30(26(24)32)18-9-2-1-3-10-18/h1-16,28,31H,(H,33,34). The van der Waals surface area contributed by atoms with Gasteiger partial charge >= 0.3 is 6.16 Å². The average Bonchev–Trinajstić information content (AvgIpc) is 3.14. The fraction of sp³-hybridized carbons (Fsp3) is 0. The Labute approximate surface area is 200 Å². The summed E-state index contributed by atoms with van der Waals surface area (Å²) in [6, 6.07) is 28.0. The molecule has 1 aliphatic rings. The summed E-state index contributed by atoms with van der Waals surface area (Å²) in [6.07, 6.45) is -1.43. The molecule has 0 aromatic heterocycles. The lowest BCUT2D eigenvalue weighted by molar-refractivity contribution is -0.111. The number of hydrazone groups is 1. The van der Waals surface area contributed by atoms with Gasteiger partial charge in [-0.25, -0.2) is 4.79 Å². The number of fused-ring (bicyclic) bond motifs is 1. The van der Waals surface area contributed by atoms with Crippen LogP contribution in [0.15, 0.2) is 102 Å². The number of aromatic hydroxyl groups is 1. The van der Waals surface area contributed by atoms with Crippen LogP contribution in [0.3, 0.4) is 0 Å². The van der Waals surface area contributed by atoms with E-state index in [0.29, 0.717) is 16.7 Å². The van der Waals surface area contributed by atoms with Gasteiger partial charge in [-0.3, -0.25) is 15.1 Å². The van der Waals surface area contributed by atoms with Gasteiger partial charge in [-0.15, -0.1) is 0 Å². The predicted octanol–water partition coefficient (Wildman–Crippen LogP) is 5.61. The molecule has 0 aliphatic carbocycles. The van der Waals surface area contributed by atoms with Crippen molar-refractivity contribution in [2.24, 2.45) is 5.10 Å². The summed E-state index contributed by atoms with van der Waals surface area (Å²) in [5, 5.41) is 24.1. The number of phenols is 1. The van der Waals surface area contributed by atoms with E-state index in [2.05, 4.69) is 10.5 Å². The van der Waals surface area contributed by atoms with Gasteiger partial charge in [0.05, 0.1) is 11.4 Å². The highest BCUT2D eigenvalue weighted by molar-refractivity contribution is 6.55. The van der Waals surface area contributed by atoms with Crippen molar-refractivity contribution in [2.75, 3.05) is 10.3 Å². The first-order valence-corrected chi connectivity index (χ1v) is 10.7. The summed E-state index contributed by atoms with van der Waals surface area (Å²) in [4.78, 5) is 25.8. The van der Waals surface area contributed by atoms with Gasteiger partial charge < -0.3 is 14.9 Å². The van der Waals surface area contributed by atoms with Crippen molar-refractivity contribution in [2.45, 2.75) is 0 Å². The molecule has 3 N–H and O–H groups in total. The van der Waals surface area contributed by atoms with Gasteiger partial charge in [0.1, 0.15) is 11.5 Å². The molecule has 0 atom stereocenters. The monoisotopic (exact) mass is 465 g/mol. The first-order chi connectivity index (χ1) is 17.0. The second-order valence-electron chi connectivity index (χ2n) is 7.66. The van der Waals surface area contributed by atoms with Gasteiger partial charge in [0.2, 0.25) is 0 Å². The van der Waals surface area contributed by atoms with Gasteiger partial charge in [0.25, 0.3) is 5.91 Å². The molecule has 0 radical (unpaired) electrons. The molecular formula is C27H19N3O5. The number of amides is 1. The molecule has 5 rings (SSSR count). The Morgan fingerprint density at radius 1 is 0.857 bits per heavy atom. The molecule has 4 aromatic carbocycles. The Hall–Kier alpha value is -5.11. The molecule has 172 valence electrons. The quantitative estimate of drug-likeness (QED) is 0.153. The zero-order chi connectivity index (χ0) is 24.4. The van der Waals surface area contributed by atoms with E-state index < -0.39 is 6.16 Å². The number of carbonyl (C=O) groups is 2. The molecule has 35 heavy (non-hydrogen) atoms. The summed E-state index contributed by atoms with van der Waals surface area (Å²) in [6.45, 7) is 0. The summed E-state index contributed by atoms with van der Waals surface area (Å²) >= 11 is 0. The van der Waals surface area contributed by atoms with Crippen LogP contribution in [0.2, 0.25) is 0 Å². The topological polar surface area (TPSA) is 111 Å². The molecule has 8 nitrogen and oxygen atoms in total. The molecule has 0 saturated heterocycles. The third-order valence-electron chi connectivity index (χ3n) is 5.49. The van der Waals surface area contributed by atoms with Crippen molar-refractivity contribution < 1.29 is 24.5 Å². The maximum atomic E-state index is 13.3. The summed E-state index contributed by atoms with van der Waals surface area (Å²) in [5.74, 6) is -0.274. The van der Waals surface area contributed by atoms with Crippen LogP contribution in [-0.4, -0.2) is 28.0 Å².